The van der Waals surface area contributed by atoms with Gasteiger partial charge in [0.2, 0.25) is 0 Å². The summed E-state index contributed by atoms with van der Waals surface area (Å²) in [7, 11) is 0. The molecule has 0 unspecified atom stereocenters. The average Bonchev–Trinajstić information content (AvgIpc) is 2.69. The fraction of sp³-hybridized carbons (Fsp3) is 0.667. The number of nitrogens with zero attached hydrogens (tertiary/aromatic N) is 1. The molecule has 1 aliphatic rings. The predicted octanol–water partition coefficient (Wildman–Crippen LogP) is 5.41. The molecule has 1 fully saturated rings. The average molecular weight is 509 g/mol. The Bertz CT molecular complexity index is 435. The summed E-state index contributed by atoms with van der Waals surface area (Å²) in [5.74, 6) is 0. The van der Waals surface area contributed by atoms with Crippen LogP contribution in [0.3, 0.4) is 0 Å². The second-order valence-electron chi connectivity index (χ2n) is 4.73. The van der Waals surface area contributed by atoms with E-state index in [0.29, 0.717) is 0 Å². The molecule has 0 amide bonds. The van der Waals surface area contributed by atoms with Crippen LogP contribution in [0.25, 0.3) is 0 Å². The fourth-order valence-corrected chi connectivity index (χ4v) is 4.59. The summed E-state index contributed by atoms with van der Waals surface area (Å²) in [6.07, 6.45) is -4.73. The fourth-order valence-electron chi connectivity index (χ4n) is 2.33. The SMILES string of the molecule is Cl.Cl.FC(F)(F)CC[C@@H](c1cc(Br)c(Br)s1)N1CCNCC1. The lowest BCUT2D eigenvalue weighted by Gasteiger charge is -2.34. The Balaban J connectivity index is 0.00000220. The van der Waals surface area contributed by atoms with Gasteiger partial charge in [0.25, 0.3) is 0 Å². The van der Waals surface area contributed by atoms with E-state index in [1.54, 1.807) is 0 Å². The third kappa shape index (κ3) is 6.83. The number of hydrogen-bond acceptors (Lipinski definition) is 3. The van der Waals surface area contributed by atoms with Gasteiger partial charge in [0, 0.05) is 48.0 Å². The summed E-state index contributed by atoms with van der Waals surface area (Å²) >= 11 is 8.33. The number of piperazine rings is 1. The first-order valence-electron chi connectivity index (χ1n) is 6.33. The largest absolute Gasteiger partial charge is 0.389 e. The van der Waals surface area contributed by atoms with Crippen LogP contribution in [0, 0.1) is 0 Å². The number of alkyl halides is 3. The highest BCUT2D eigenvalue weighted by molar-refractivity contribution is 9.13. The van der Waals surface area contributed by atoms with E-state index in [1.807, 2.05) is 6.07 Å². The minimum Gasteiger partial charge on any atom is -0.314 e. The van der Waals surface area contributed by atoms with Crippen molar-refractivity contribution in [3.8, 4) is 0 Å². The molecule has 0 aromatic carbocycles. The van der Waals surface area contributed by atoms with E-state index in [-0.39, 0.29) is 37.3 Å². The Morgan fingerprint density at radius 1 is 1.23 bits per heavy atom. The van der Waals surface area contributed by atoms with Crippen molar-refractivity contribution >= 4 is 68.0 Å². The molecule has 0 radical (unpaired) electrons. The Kier molecular flexibility index (Phi) is 10.5. The molecule has 1 saturated heterocycles. The monoisotopic (exact) mass is 506 g/mol. The zero-order valence-electron chi connectivity index (χ0n) is 11.5. The summed E-state index contributed by atoms with van der Waals surface area (Å²) < 4.78 is 39.4. The molecule has 0 spiro atoms. The number of hydrogen-bond donors (Lipinski definition) is 1. The van der Waals surface area contributed by atoms with Crippen LogP contribution in [0.5, 0.6) is 0 Å². The standard InChI is InChI=1S/C12H15Br2F3N2S.2ClH/c13-8-7-10(20-11(8)14)9(1-2-12(15,16)17)19-5-3-18-4-6-19;;/h7,9,18H,1-6H2;2*1H/t9-;;/m0../s1. The van der Waals surface area contributed by atoms with Gasteiger partial charge in [-0.25, -0.2) is 0 Å². The van der Waals surface area contributed by atoms with Crippen LogP contribution in [0.1, 0.15) is 23.8 Å². The summed E-state index contributed by atoms with van der Waals surface area (Å²) in [6.45, 7) is 3.23. The lowest BCUT2D eigenvalue weighted by Crippen LogP contribution is -2.45. The number of nitrogens with one attached hydrogen (secondary N) is 1. The lowest BCUT2D eigenvalue weighted by atomic mass is 10.1. The quantitative estimate of drug-likeness (QED) is 0.585. The predicted molar refractivity (Wildman–Crippen MR) is 96.7 cm³/mol. The molecule has 10 heteroatoms. The van der Waals surface area contributed by atoms with Gasteiger partial charge in [-0.05, 0) is 44.3 Å². The highest BCUT2D eigenvalue weighted by Gasteiger charge is 2.32. The Hall–Kier alpha value is 0.950. The summed E-state index contributed by atoms with van der Waals surface area (Å²) in [6, 6.07) is 1.77. The van der Waals surface area contributed by atoms with E-state index < -0.39 is 12.6 Å². The molecule has 130 valence electrons. The highest BCUT2D eigenvalue weighted by Crippen LogP contribution is 2.40. The normalized spacial score (nSPS) is 17.5. The highest BCUT2D eigenvalue weighted by atomic mass is 79.9. The molecule has 1 aromatic rings. The molecule has 2 heterocycles. The maximum absolute atomic E-state index is 12.5. The molecule has 2 nitrogen and oxygen atoms in total. The van der Waals surface area contributed by atoms with Crippen LogP contribution >= 0.6 is 68.0 Å². The van der Waals surface area contributed by atoms with Crippen LogP contribution in [-0.4, -0.2) is 37.3 Å². The molecule has 1 N–H and O–H groups in total. The maximum Gasteiger partial charge on any atom is 0.389 e. The molecule has 2 rings (SSSR count). The van der Waals surface area contributed by atoms with E-state index in [2.05, 4.69) is 42.1 Å². The lowest BCUT2D eigenvalue weighted by molar-refractivity contribution is -0.138. The van der Waals surface area contributed by atoms with Gasteiger partial charge in [0.1, 0.15) is 0 Å². The number of rotatable bonds is 4. The molecular weight excluding hydrogens is 492 g/mol. The van der Waals surface area contributed by atoms with Crippen molar-refractivity contribution in [1.29, 1.82) is 0 Å². The van der Waals surface area contributed by atoms with Gasteiger partial charge in [-0.3, -0.25) is 4.90 Å². The minimum absolute atomic E-state index is 0. The summed E-state index contributed by atoms with van der Waals surface area (Å²) in [4.78, 5) is 3.13. The van der Waals surface area contributed by atoms with Crippen molar-refractivity contribution in [3.05, 3.63) is 19.2 Å². The first-order chi connectivity index (χ1) is 9.37. The molecule has 22 heavy (non-hydrogen) atoms. The van der Waals surface area contributed by atoms with E-state index in [1.165, 1.54) is 11.3 Å². The smallest absolute Gasteiger partial charge is 0.314 e. The number of halogens is 7. The summed E-state index contributed by atoms with van der Waals surface area (Å²) in [5, 5.41) is 3.23. The van der Waals surface area contributed by atoms with Crippen LogP contribution in [0.2, 0.25) is 0 Å². The van der Waals surface area contributed by atoms with Gasteiger partial charge in [-0.15, -0.1) is 36.2 Å². The van der Waals surface area contributed by atoms with Gasteiger partial charge in [0.15, 0.2) is 0 Å². The molecule has 1 aromatic heterocycles. The van der Waals surface area contributed by atoms with E-state index in [0.717, 1.165) is 39.3 Å². The van der Waals surface area contributed by atoms with E-state index in [9.17, 15) is 13.2 Å². The molecular formula is C12H17Br2Cl2F3N2S. The zero-order valence-corrected chi connectivity index (χ0v) is 17.1. The third-order valence-electron chi connectivity index (χ3n) is 3.29. The van der Waals surface area contributed by atoms with Crippen molar-refractivity contribution in [2.75, 3.05) is 26.2 Å². The maximum atomic E-state index is 12.5. The van der Waals surface area contributed by atoms with Crippen LogP contribution in [-0.2, 0) is 0 Å². The second kappa shape index (κ2) is 10.1. The van der Waals surface area contributed by atoms with Crippen molar-refractivity contribution in [2.45, 2.75) is 25.1 Å². The summed E-state index contributed by atoms with van der Waals surface area (Å²) in [5.41, 5.74) is 0. The Labute approximate surface area is 161 Å². The zero-order chi connectivity index (χ0) is 14.8. The van der Waals surface area contributed by atoms with Crippen molar-refractivity contribution in [3.63, 3.8) is 0 Å². The van der Waals surface area contributed by atoms with Crippen LogP contribution in [0.15, 0.2) is 14.3 Å². The van der Waals surface area contributed by atoms with Crippen LogP contribution in [0.4, 0.5) is 13.2 Å². The molecule has 0 saturated carbocycles. The molecule has 1 atom stereocenters. The first-order valence-corrected chi connectivity index (χ1v) is 8.73. The molecule has 0 aliphatic carbocycles. The minimum atomic E-state index is -4.10. The van der Waals surface area contributed by atoms with E-state index >= 15 is 0 Å². The second-order valence-corrected chi connectivity index (χ2v) is 7.98. The van der Waals surface area contributed by atoms with Crippen molar-refractivity contribution in [1.82, 2.24) is 10.2 Å². The topological polar surface area (TPSA) is 15.3 Å². The molecule has 0 bridgehead atoms. The van der Waals surface area contributed by atoms with Gasteiger partial charge < -0.3 is 5.32 Å². The van der Waals surface area contributed by atoms with E-state index in [4.69, 9.17) is 0 Å². The van der Waals surface area contributed by atoms with Crippen LogP contribution < -0.4 is 5.32 Å². The number of thiophene rings is 1. The third-order valence-corrected chi connectivity index (χ3v) is 6.64. The van der Waals surface area contributed by atoms with Gasteiger partial charge in [-0.2, -0.15) is 13.2 Å². The van der Waals surface area contributed by atoms with Gasteiger partial charge >= 0.3 is 6.18 Å². The molecule has 1 aliphatic heterocycles. The Morgan fingerprint density at radius 3 is 2.27 bits per heavy atom. The van der Waals surface area contributed by atoms with Crippen molar-refractivity contribution < 1.29 is 13.2 Å². The van der Waals surface area contributed by atoms with Gasteiger partial charge in [-0.1, -0.05) is 0 Å². The van der Waals surface area contributed by atoms with Gasteiger partial charge in [0.05, 0.1) is 3.79 Å². The Morgan fingerprint density at radius 2 is 1.82 bits per heavy atom. The van der Waals surface area contributed by atoms with Crippen molar-refractivity contribution in [2.24, 2.45) is 0 Å². The first kappa shape index (κ1) is 22.9.